The molecule has 2 aromatic rings. The number of hydroxylamine groups is 2. The van der Waals surface area contributed by atoms with E-state index in [-0.39, 0.29) is 6.04 Å². The van der Waals surface area contributed by atoms with Crippen LogP contribution in [0.25, 0.3) is 0 Å². The van der Waals surface area contributed by atoms with Crippen molar-refractivity contribution in [3.63, 3.8) is 0 Å². The fourth-order valence-corrected chi connectivity index (χ4v) is 2.77. The Morgan fingerprint density at radius 2 is 2.00 bits per heavy atom. The second kappa shape index (κ2) is 5.85. The predicted molar refractivity (Wildman–Crippen MR) is 85.2 cm³/mol. The summed E-state index contributed by atoms with van der Waals surface area (Å²) in [5.41, 5.74) is 2.84. The highest BCUT2D eigenvalue weighted by Gasteiger charge is 2.28. The summed E-state index contributed by atoms with van der Waals surface area (Å²) in [6, 6.07) is 15.2. The van der Waals surface area contributed by atoms with Crippen LogP contribution in [0.3, 0.4) is 0 Å². The van der Waals surface area contributed by atoms with E-state index in [1.54, 1.807) is 7.05 Å². The van der Waals surface area contributed by atoms with Crippen molar-refractivity contribution >= 4 is 23.1 Å². The third-order valence-corrected chi connectivity index (χ3v) is 3.82. The fraction of sp³-hybridized carbons (Fsp3) is 0.188. The molecule has 2 N–H and O–H groups in total. The maximum atomic E-state index is 10.5. The molecule has 0 amide bonds. The molecule has 1 atom stereocenters. The number of amidine groups is 1. The van der Waals surface area contributed by atoms with Crippen molar-refractivity contribution in [2.75, 3.05) is 18.9 Å². The molecule has 0 aromatic heterocycles. The molecule has 0 spiro atoms. The maximum absolute atomic E-state index is 10.5. The van der Waals surface area contributed by atoms with Gasteiger partial charge in [-0.25, -0.2) is 0 Å². The Labute approximate surface area is 128 Å². The summed E-state index contributed by atoms with van der Waals surface area (Å²) in [6.07, 6.45) is 0. The van der Waals surface area contributed by atoms with Crippen molar-refractivity contribution in [1.29, 1.82) is 0 Å². The Kier molecular flexibility index (Phi) is 3.92. The normalized spacial score (nSPS) is 20.7. The number of aliphatic imine (C=N–C) groups is 1. The zero-order valence-electron chi connectivity index (χ0n) is 11.6. The molecule has 2 aromatic carbocycles. The molecule has 4 nitrogen and oxygen atoms in total. The van der Waals surface area contributed by atoms with Crippen LogP contribution in [-0.4, -0.2) is 29.7 Å². The van der Waals surface area contributed by atoms with E-state index in [9.17, 15) is 5.21 Å². The largest absolute Gasteiger partial charge is 0.343 e. The van der Waals surface area contributed by atoms with Gasteiger partial charge < -0.3 is 10.5 Å². The summed E-state index contributed by atoms with van der Waals surface area (Å²) in [5.74, 6) is 0.708. The number of hydrogen-bond donors (Lipinski definition) is 2. The molecule has 3 rings (SSSR count). The van der Waals surface area contributed by atoms with Crippen molar-refractivity contribution in [3.05, 3.63) is 64.7 Å². The van der Waals surface area contributed by atoms with Crippen molar-refractivity contribution in [1.82, 2.24) is 5.06 Å². The van der Waals surface area contributed by atoms with Crippen LogP contribution in [0.4, 0.5) is 5.69 Å². The molecule has 0 aliphatic carbocycles. The van der Waals surface area contributed by atoms with Crippen LogP contribution >= 0.6 is 11.6 Å². The van der Waals surface area contributed by atoms with E-state index >= 15 is 0 Å². The van der Waals surface area contributed by atoms with Crippen molar-refractivity contribution in [3.8, 4) is 0 Å². The summed E-state index contributed by atoms with van der Waals surface area (Å²) in [7, 11) is 1.70. The monoisotopic (exact) mass is 301 g/mol. The number of benzene rings is 2. The summed E-state index contributed by atoms with van der Waals surface area (Å²) in [4.78, 5) is 4.18. The molecule has 108 valence electrons. The Morgan fingerprint density at radius 3 is 2.71 bits per heavy atom. The number of hydrogen-bond acceptors (Lipinski definition) is 3. The average molecular weight is 302 g/mol. The van der Waals surface area contributed by atoms with Crippen molar-refractivity contribution in [2.24, 2.45) is 4.99 Å². The van der Waals surface area contributed by atoms with Gasteiger partial charge in [-0.15, -0.1) is 0 Å². The predicted octanol–water partition coefficient (Wildman–Crippen LogP) is 3.57. The second-order valence-corrected chi connectivity index (χ2v) is 5.37. The van der Waals surface area contributed by atoms with Crippen LogP contribution in [-0.2, 0) is 0 Å². The number of halogens is 1. The molecule has 0 saturated heterocycles. The molecule has 21 heavy (non-hydrogen) atoms. The highest BCUT2D eigenvalue weighted by atomic mass is 35.5. The van der Waals surface area contributed by atoms with E-state index in [1.165, 1.54) is 5.06 Å². The lowest BCUT2D eigenvalue weighted by atomic mass is 9.97. The minimum atomic E-state index is -0.286. The lowest BCUT2D eigenvalue weighted by Crippen LogP contribution is -2.31. The molecular weight excluding hydrogens is 286 g/mol. The van der Waals surface area contributed by atoms with E-state index in [1.807, 2.05) is 48.5 Å². The van der Waals surface area contributed by atoms with Crippen LogP contribution < -0.4 is 5.32 Å². The first-order chi connectivity index (χ1) is 10.2. The van der Waals surface area contributed by atoms with E-state index < -0.39 is 0 Å². The van der Waals surface area contributed by atoms with Gasteiger partial charge in [-0.3, -0.25) is 4.99 Å². The van der Waals surface area contributed by atoms with Gasteiger partial charge in [0, 0.05) is 23.3 Å². The van der Waals surface area contributed by atoms with E-state index in [0.29, 0.717) is 17.4 Å². The SMILES string of the molecule is CN=C1CN(O)[C@H](c2ccccc2)c2cc(Cl)ccc2N1. The first-order valence-corrected chi connectivity index (χ1v) is 7.09. The minimum absolute atomic E-state index is 0.286. The molecular formula is C16H16ClN3O. The van der Waals surface area contributed by atoms with Gasteiger partial charge in [0.15, 0.2) is 0 Å². The molecule has 0 saturated carbocycles. The number of anilines is 1. The smallest absolute Gasteiger partial charge is 0.117 e. The van der Waals surface area contributed by atoms with Crippen LogP contribution in [0, 0.1) is 0 Å². The van der Waals surface area contributed by atoms with E-state index in [2.05, 4.69) is 10.3 Å². The third kappa shape index (κ3) is 2.78. The van der Waals surface area contributed by atoms with Gasteiger partial charge in [-0.1, -0.05) is 41.9 Å². The topological polar surface area (TPSA) is 47.9 Å². The molecule has 1 heterocycles. The van der Waals surface area contributed by atoms with Crippen LogP contribution in [0.5, 0.6) is 0 Å². The molecule has 0 fully saturated rings. The molecule has 1 aliphatic rings. The van der Waals surface area contributed by atoms with Gasteiger partial charge in [-0.2, -0.15) is 5.06 Å². The first kappa shape index (κ1) is 14.1. The summed E-state index contributed by atoms with van der Waals surface area (Å²) < 4.78 is 0. The molecule has 0 radical (unpaired) electrons. The quantitative estimate of drug-likeness (QED) is 0.846. The zero-order valence-corrected chi connectivity index (χ0v) is 12.4. The first-order valence-electron chi connectivity index (χ1n) is 6.71. The van der Waals surface area contributed by atoms with Crippen LogP contribution in [0.15, 0.2) is 53.5 Å². The number of rotatable bonds is 1. The van der Waals surface area contributed by atoms with Crippen LogP contribution in [0.2, 0.25) is 5.02 Å². The van der Waals surface area contributed by atoms with Crippen LogP contribution in [0.1, 0.15) is 17.2 Å². The molecule has 1 aliphatic heterocycles. The average Bonchev–Trinajstić information content (AvgIpc) is 2.63. The standard InChI is InChI=1S/C16H16ClN3O/c1-18-15-10-20(21)16(11-5-3-2-4-6-11)13-9-12(17)7-8-14(13)19-15/h2-9,16,21H,10H2,1H3,(H,18,19)/t16-/m1/s1. The van der Waals surface area contributed by atoms with E-state index in [4.69, 9.17) is 11.6 Å². The lowest BCUT2D eigenvalue weighted by molar-refractivity contribution is -0.102. The van der Waals surface area contributed by atoms with Gasteiger partial charge >= 0.3 is 0 Å². The number of nitrogens with zero attached hydrogens (tertiary/aromatic N) is 2. The summed E-state index contributed by atoms with van der Waals surface area (Å²) >= 11 is 6.14. The molecule has 0 unspecified atom stereocenters. The fourth-order valence-electron chi connectivity index (χ4n) is 2.59. The number of nitrogens with one attached hydrogen (secondary N) is 1. The van der Waals surface area contributed by atoms with Gasteiger partial charge in [0.25, 0.3) is 0 Å². The van der Waals surface area contributed by atoms with Gasteiger partial charge in [-0.05, 0) is 23.8 Å². The highest BCUT2D eigenvalue weighted by Crippen LogP contribution is 2.36. The summed E-state index contributed by atoms with van der Waals surface area (Å²) in [5, 5.41) is 15.7. The third-order valence-electron chi connectivity index (χ3n) is 3.58. The Morgan fingerprint density at radius 1 is 1.24 bits per heavy atom. The van der Waals surface area contributed by atoms with Crippen molar-refractivity contribution in [2.45, 2.75) is 6.04 Å². The Bertz CT molecular complexity index is 672. The zero-order chi connectivity index (χ0) is 14.8. The number of fused-ring (bicyclic) bond motifs is 1. The van der Waals surface area contributed by atoms with E-state index in [0.717, 1.165) is 16.8 Å². The highest BCUT2D eigenvalue weighted by molar-refractivity contribution is 6.30. The van der Waals surface area contributed by atoms with Gasteiger partial charge in [0.1, 0.15) is 5.84 Å². The Balaban J connectivity index is 2.17. The van der Waals surface area contributed by atoms with Gasteiger partial charge in [0.05, 0.1) is 12.6 Å². The van der Waals surface area contributed by atoms with Crippen molar-refractivity contribution < 1.29 is 5.21 Å². The molecule has 0 bridgehead atoms. The summed E-state index contributed by atoms with van der Waals surface area (Å²) in [6.45, 7) is 0.322. The molecule has 5 heteroatoms. The lowest BCUT2D eigenvalue weighted by Gasteiger charge is -2.25. The Hall–Kier alpha value is -1.88. The van der Waals surface area contributed by atoms with Gasteiger partial charge in [0.2, 0.25) is 0 Å². The minimum Gasteiger partial charge on any atom is -0.343 e. The second-order valence-electron chi connectivity index (χ2n) is 4.94. The maximum Gasteiger partial charge on any atom is 0.117 e.